The van der Waals surface area contributed by atoms with Crippen molar-refractivity contribution in [3.63, 3.8) is 0 Å². The SMILES string of the molecule is O=c1[nH]c(CSc2ccccc2Cl)nc(C2CC2)c1I. The average molecular weight is 419 g/mol. The van der Waals surface area contributed by atoms with E-state index in [4.69, 9.17) is 11.6 Å². The number of rotatable bonds is 4. The summed E-state index contributed by atoms with van der Waals surface area (Å²) in [5.41, 5.74) is 0.932. The third-order valence-corrected chi connectivity index (χ3v) is 5.67. The molecule has 0 bridgehead atoms. The molecule has 0 spiro atoms. The molecular formula is C14H12ClIN2OS. The number of nitrogens with one attached hydrogen (secondary N) is 1. The maximum atomic E-state index is 11.9. The van der Waals surface area contributed by atoms with Crippen molar-refractivity contribution in [1.82, 2.24) is 9.97 Å². The van der Waals surface area contributed by atoms with Crippen LogP contribution in [0.4, 0.5) is 0 Å². The molecule has 1 saturated carbocycles. The Bertz CT molecular complexity index is 700. The fourth-order valence-corrected chi connectivity index (χ4v) is 3.73. The fraction of sp³-hybridized carbons (Fsp3) is 0.286. The lowest BCUT2D eigenvalue weighted by Crippen LogP contribution is -2.17. The van der Waals surface area contributed by atoms with Gasteiger partial charge in [-0.1, -0.05) is 23.7 Å². The molecule has 6 heteroatoms. The first-order valence-corrected chi connectivity index (χ1v) is 8.75. The Morgan fingerprint density at radius 1 is 1.40 bits per heavy atom. The lowest BCUT2D eigenvalue weighted by atomic mass is 10.3. The van der Waals surface area contributed by atoms with Crippen molar-refractivity contribution in [2.24, 2.45) is 0 Å². The zero-order chi connectivity index (χ0) is 14.1. The third-order valence-electron chi connectivity index (χ3n) is 3.10. The van der Waals surface area contributed by atoms with Gasteiger partial charge in [0.2, 0.25) is 0 Å². The van der Waals surface area contributed by atoms with Crippen LogP contribution in [0.2, 0.25) is 5.02 Å². The molecule has 1 heterocycles. The van der Waals surface area contributed by atoms with Crippen LogP contribution in [0, 0.1) is 3.57 Å². The van der Waals surface area contributed by atoms with E-state index < -0.39 is 0 Å². The average Bonchev–Trinajstić information content (AvgIpc) is 3.26. The highest BCUT2D eigenvalue weighted by Gasteiger charge is 2.28. The van der Waals surface area contributed by atoms with Crippen molar-refractivity contribution in [3.05, 3.63) is 54.7 Å². The fourth-order valence-electron chi connectivity index (χ4n) is 1.93. The zero-order valence-corrected chi connectivity index (χ0v) is 14.3. The van der Waals surface area contributed by atoms with Gasteiger partial charge in [-0.15, -0.1) is 11.8 Å². The highest BCUT2D eigenvalue weighted by atomic mass is 127. The Kier molecular flexibility index (Phi) is 4.37. The summed E-state index contributed by atoms with van der Waals surface area (Å²) in [5.74, 6) is 1.82. The Morgan fingerprint density at radius 3 is 2.85 bits per heavy atom. The van der Waals surface area contributed by atoms with Gasteiger partial charge in [0.15, 0.2) is 0 Å². The van der Waals surface area contributed by atoms with Gasteiger partial charge in [-0.25, -0.2) is 4.98 Å². The molecule has 0 aliphatic heterocycles. The summed E-state index contributed by atoms with van der Waals surface area (Å²) in [4.78, 5) is 20.4. The number of aromatic nitrogens is 2. The molecule has 0 amide bonds. The number of thioether (sulfide) groups is 1. The van der Waals surface area contributed by atoms with Crippen LogP contribution in [0.15, 0.2) is 34.0 Å². The van der Waals surface area contributed by atoms with Gasteiger partial charge in [-0.2, -0.15) is 0 Å². The van der Waals surface area contributed by atoms with Gasteiger partial charge in [0.05, 0.1) is 20.0 Å². The van der Waals surface area contributed by atoms with Crippen LogP contribution in [-0.2, 0) is 5.75 Å². The first-order chi connectivity index (χ1) is 9.65. The molecule has 1 aliphatic carbocycles. The normalized spacial score (nSPS) is 14.5. The number of benzene rings is 1. The van der Waals surface area contributed by atoms with Gasteiger partial charge < -0.3 is 4.98 Å². The minimum Gasteiger partial charge on any atom is -0.309 e. The van der Waals surface area contributed by atoms with Crippen molar-refractivity contribution in [2.75, 3.05) is 0 Å². The lowest BCUT2D eigenvalue weighted by Gasteiger charge is -2.06. The van der Waals surface area contributed by atoms with Gasteiger partial charge in [-0.3, -0.25) is 4.79 Å². The Hall–Kier alpha value is -0.530. The maximum absolute atomic E-state index is 11.9. The van der Waals surface area contributed by atoms with E-state index in [9.17, 15) is 4.79 Å². The Morgan fingerprint density at radius 2 is 2.15 bits per heavy atom. The molecule has 104 valence electrons. The van der Waals surface area contributed by atoms with E-state index in [2.05, 4.69) is 32.6 Å². The van der Waals surface area contributed by atoms with Crippen LogP contribution in [-0.4, -0.2) is 9.97 Å². The van der Waals surface area contributed by atoms with E-state index >= 15 is 0 Å². The number of halogens is 2. The summed E-state index contributed by atoms with van der Waals surface area (Å²) in [5, 5.41) is 0.729. The lowest BCUT2D eigenvalue weighted by molar-refractivity contribution is 0.897. The summed E-state index contributed by atoms with van der Waals surface area (Å²) in [7, 11) is 0. The monoisotopic (exact) mass is 418 g/mol. The molecule has 0 atom stereocenters. The first kappa shape index (κ1) is 14.4. The topological polar surface area (TPSA) is 45.8 Å². The van der Waals surface area contributed by atoms with Crippen molar-refractivity contribution >= 4 is 46.0 Å². The second-order valence-corrected chi connectivity index (χ2v) is 7.21. The molecule has 3 rings (SSSR count). The van der Waals surface area contributed by atoms with Crippen LogP contribution in [0.1, 0.15) is 30.3 Å². The van der Waals surface area contributed by atoms with Crippen molar-refractivity contribution in [1.29, 1.82) is 0 Å². The zero-order valence-electron chi connectivity index (χ0n) is 10.5. The second-order valence-electron chi connectivity index (χ2n) is 4.71. The molecule has 1 aromatic carbocycles. The highest BCUT2D eigenvalue weighted by Crippen LogP contribution is 2.40. The number of aromatic amines is 1. The van der Waals surface area contributed by atoms with E-state index in [1.165, 1.54) is 0 Å². The van der Waals surface area contributed by atoms with Crippen LogP contribution in [0.5, 0.6) is 0 Å². The summed E-state index contributed by atoms with van der Waals surface area (Å²) in [6.45, 7) is 0. The van der Waals surface area contributed by atoms with Crippen LogP contribution >= 0.6 is 46.0 Å². The molecule has 0 unspecified atom stereocenters. The number of H-pyrrole nitrogens is 1. The highest BCUT2D eigenvalue weighted by molar-refractivity contribution is 14.1. The van der Waals surface area contributed by atoms with Crippen LogP contribution < -0.4 is 5.56 Å². The predicted octanol–water partition coefficient (Wildman–Crippen LogP) is 4.20. The molecule has 1 N–H and O–H groups in total. The third kappa shape index (κ3) is 3.20. The molecule has 20 heavy (non-hydrogen) atoms. The number of hydrogen-bond acceptors (Lipinski definition) is 3. The van der Waals surface area contributed by atoms with Gasteiger partial charge in [0, 0.05) is 10.8 Å². The first-order valence-electron chi connectivity index (χ1n) is 6.31. The number of hydrogen-bond donors (Lipinski definition) is 1. The Balaban J connectivity index is 1.81. The minimum absolute atomic E-state index is 0.0303. The molecule has 3 nitrogen and oxygen atoms in total. The van der Waals surface area contributed by atoms with Crippen molar-refractivity contribution < 1.29 is 0 Å². The second kappa shape index (κ2) is 6.07. The summed E-state index contributed by atoms with van der Waals surface area (Å²) in [6, 6.07) is 7.69. The molecule has 1 aliphatic rings. The van der Waals surface area contributed by atoms with E-state index in [0.717, 1.165) is 37.8 Å². The standard InChI is InChI=1S/C14H12ClIN2OS/c15-9-3-1-2-4-10(9)20-7-11-17-13(8-5-6-8)12(16)14(19)18-11/h1-4,8H,5-7H2,(H,17,18,19). The molecule has 0 saturated heterocycles. The van der Waals surface area contributed by atoms with E-state index in [0.29, 0.717) is 11.7 Å². The summed E-state index contributed by atoms with van der Waals surface area (Å²) in [6.07, 6.45) is 2.28. The molecule has 0 radical (unpaired) electrons. The van der Waals surface area contributed by atoms with Gasteiger partial charge in [0.1, 0.15) is 5.82 Å². The maximum Gasteiger partial charge on any atom is 0.264 e. The number of nitrogens with zero attached hydrogens (tertiary/aromatic N) is 1. The van der Waals surface area contributed by atoms with Crippen molar-refractivity contribution in [3.8, 4) is 0 Å². The van der Waals surface area contributed by atoms with E-state index in [-0.39, 0.29) is 5.56 Å². The van der Waals surface area contributed by atoms with Gasteiger partial charge >= 0.3 is 0 Å². The summed E-state index contributed by atoms with van der Waals surface area (Å²) >= 11 is 9.80. The van der Waals surface area contributed by atoms with Crippen LogP contribution in [0.25, 0.3) is 0 Å². The Labute approximate surface area is 139 Å². The predicted molar refractivity (Wildman–Crippen MR) is 90.6 cm³/mol. The van der Waals surface area contributed by atoms with Crippen molar-refractivity contribution in [2.45, 2.75) is 29.4 Å². The van der Waals surface area contributed by atoms with Gasteiger partial charge in [0.25, 0.3) is 5.56 Å². The largest absolute Gasteiger partial charge is 0.309 e. The molecule has 1 aromatic heterocycles. The smallest absolute Gasteiger partial charge is 0.264 e. The molecule has 1 fully saturated rings. The minimum atomic E-state index is -0.0303. The molecule has 2 aromatic rings. The van der Waals surface area contributed by atoms with Gasteiger partial charge in [-0.05, 0) is 47.6 Å². The van der Waals surface area contributed by atoms with E-state index in [1.54, 1.807) is 11.8 Å². The van der Waals surface area contributed by atoms with Crippen LogP contribution in [0.3, 0.4) is 0 Å². The van der Waals surface area contributed by atoms with E-state index in [1.807, 2.05) is 24.3 Å². The molecular weight excluding hydrogens is 407 g/mol. The quantitative estimate of drug-likeness (QED) is 0.598. The summed E-state index contributed by atoms with van der Waals surface area (Å²) < 4.78 is 0.733.